The molecule has 0 radical (unpaired) electrons. The monoisotopic (exact) mass is 193 g/mol. The van der Waals surface area contributed by atoms with Crippen LogP contribution in [-0.2, 0) is 0 Å². The zero-order valence-corrected chi connectivity index (χ0v) is 8.99. The molecule has 0 saturated heterocycles. The molecular formula is C12H19NO. The van der Waals surface area contributed by atoms with Crippen molar-refractivity contribution in [2.24, 2.45) is 5.92 Å². The highest BCUT2D eigenvalue weighted by atomic mass is 16.3. The van der Waals surface area contributed by atoms with Crippen molar-refractivity contribution >= 4 is 6.08 Å². The van der Waals surface area contributed by atoms with Crippen LogP contribution >= 0.6 is 0 Å². The topological polar surface area (TPSA) is 25.2 Å². The third-order valence-corrected chi connectivity index (χ3v) is 1.87. The molecule has 14 heavy (non-hydrogen) atoms. The summed E-state index contributed by atoms with van der Waals surface area (Å²) >= 11 is 0. The zero-order valence-electron chi connectivity index (χ0n) is 8.99. The maximum absolute atomic E-state index is 5.17. The summed E-state index contributed by atoms with van der Waals surface area (Å²) in [6, 6.07) is 3.86. The molecule has 0 atom stereocenters. The molecule has 0 aromatic carbocycles. The molecule has 1 aromatic rings. The molecule has 0 aliphatic carbocycles. The van der Waals surface area contributed by atoms with E-state index in [1.807, 2.05) is 18.2 Å². The van der Waals surface area contributed by atoms with Crippen LogP contribution in [0.4, 0.5) is 0 Å². The minimum absolute atomic E-state index is 0.726. The van der Waals surface area contributed by atoms with Crippen molar-refractivity contribution in [3.05, 3.63) is 30.2 Å². The Balaban J connectivity index is 2.04. The summed E-state index contributed by atoms with van der Waals surface area (Å²) in [4.78, 5) is 0. The molecule has 0 unspecified atom stereocenters. The lowest BCUT2D eigenvalue weighted by atomic mass is 10.2. The highest BCUT2D eigenvalue weighted by Crippen LogP contribution is 2.02. The van der Waals surface area contributed by atoms with Crippen molar-refractivity contribution < 1.29 is 4.42 Å². The smallest absolute Gasteiger partial charge is 0.126 e. The second-order valence-corrected chi connectivity index (χ2v) is 3.80. The maximum Gasteiger partial charge on any atom is 0.126 e. The predicted octanol–water partition coefficient (Wildman–Crippen LogP) is 2.93. The first-order chi connectivity index (χ1) is 6.79. The summed E-state index contributed by atoms with van der Waals surface area (Å²) in [6.45, 7) is 6.56. The lowest BCUT2D eigenvalue weighted by Gasteiger charge is -2.04. The Bertz CT molecular complexity index is 249. The summed E-state index contributed by atoms with van der Waals surface area (Å²) in [5.74, 6) is 1.65. The number of hydrogen-bond acceptors (Lipinski definition) is 2. The minimum Gasteiger partial charge on any atom is -0.465 e. The number of rotatable bonds is 6. The van der Waals surface area contributed by atoms with Gasteiger partial charge in [0.05, 0.1) is 6.26 Å². The minimum atomic E-state index is 0.726. The molecular weight excluding hydrogens is 174 g/mol. The third kappa shape index (κ3) is 4.87. The Kier molecular flexibility index (Phi) is 5.08. The van der Waals surface area contributed by atoms with Crippen molar-refractivity contribution in [2.45, 2.75) is 20.3 Å². The van der Waals surface area contributed by atoms with E-state index in [-0.39, 0.29) is 0 Å². The summed E-state index contributed by atoms with van der Waals surface area (Å²) < 4.78 is 5.17. The van der Waals surface area contributed by atoms with Gasteiger partial charge in [0, 0.05) is 0 Å². The van der Waals surface area contributed by atoms with E-state index < -0.39 is 0 Å². The summed E-state index contributed by atoms with van der Waals surface area (Å²) in [6.07, 6.45) is 6.88. The van der Waals surface area contributed by atoms with Crippen molar-refractivity contribution in [1.82, 2.24) is 5.32 Å². The second-order valence-electron chi connectivity index (χ2n) is 3.80. The second kappa shape index (κ2) is 6.44. The number of nitrogens with one attached hydrogen (secondary N) is 1. The van der Waals surface area contributed by atoms with Crippen molar-refractivity contribution in [3.8, 4) is 0 Å². The van der Waals surface area contributed by atoms with E-state index in [4.69, 9.17) is 4.42 Å². The first-order valence-electron chi connectivity index (χ1n) is 5.20. The molecule has 78 valence electrons. The van der Waals surface area contributed by atoms with Crippen LogP contribution in [-0.4, -0.2) is 13.1 Å². The average Bonchev–Trinajstić information content (AvgIpc) is 2.63. The zero-order chi connectivity index (χ0) is 10.2. The highest BCUT2D eigenvalue weighted by molar-refractivity contribution is 5.41. The van der Waals surface area contributed by atoms with Crippen LogP contribution in [0.5, 0.6) is 0 Å². The molecule has 1 heterocycles. The van der Waals surface area contributed by atoms with Gasteiger partial charge in [-0.05, 0) is 43.6 Å². The molecule has 0 spiro atoms. The van der Waals surface area contributed by atoms with E-state index in [0.717, 1.165) is 31.2 Å². The normalized spacial score (nSPS) is 11.6. The lowest BCUT2D eigenvalue weighted by molar-refractivity contribution is 0.553. The third-order valence-electron chi connectivity index (χ3n) is 1.87. The Labute approximate surface area is 86.0 Å². The van der Waals surface area contributed by atoms with Crippen LogP contribution in [0.1, 0.15) is 26.0 Å². The van der Waals surface area contributed by atoms with Crippen molar-refractivity contribution in [2.75, 3.05) is 13.1 Å². The van der Waals surface area contributed by atoms with Gasteiger partial charge in [-0.3, -0.25) is 0 Å². The number of furan rings is 1. The van der Waals surface area contributed by atoms with E-state index in [0.29, 0.717) is 0 Å². The van der Waals surface area contributed by atoms with Gasteiger partial charge in [0.1, 0.15) is 5.76 Å². The van der Waals surface area contributed by atoms with Crippen LogP contribution in [0.2, 0.25) is 0 Å². The molecule has 0 fully saturated rings. The fourth-order valence-electron chi connectivity index (χ4n) is 1.16. The fraction of sp³-hybridized carbons (Fsp3) is 0.500. The summed E-state index contributed by atoms with van der Waals surface area (Å²) in [7, 11) is 0. The van der Waals surface area contributed by atoms with Gasteiger partial charge in [-0.1, -0.05) is 19.9 Å². The SMILES string of the molecule is CC(C)CNCCC=Cc1ccco1. The van der Waals surface area contributed by atoms with Crippen LogP contribution < -0.4 is 5.32 Å². The molecule has 1 aromatic heterocycles. The summed E-state index contributed by atoms with van der Waals surface area (Å²) in [5, 5.41) is 3.38. The molecule has 1 rings (SSSR count). The fourth-order valence-corrected chi connectivity index (χ4v) is 1.16. The molecule has 0 bridgehead atoms. The van der Waals surface area contributed by atoms with Gasteiger partial charge in [-0.25, -0.2) is 0 Å². The van der Waals surface area contributed by atoms with Crippen LogP contribution in [0, 0.1) is 5.92 Å². The van der Waals surface area contributed by atoms with E-state index in [1.165, 1.54) is 0 Å². The van der Waals surface area contributed by atoms with Crippen molar-refractivity contribution in [3.63, 3.8) is 0 Å². The van der Waals surface area contributed by atoms with Crippen LogP contribution in [0.15, 0.2) is 28.9 Å². The maximum atomic E-state index is 5.17. The largest absolute Gasteiger partial charge is 0.465 e. The van der Waals surface area contributed by atoms with Gasteiger partial charge in [0.15, 0.2) is 0 Å². The van der Waals surface area contributed by atoms with Gasteiger partial charge < -0.3 is 9.73 Å². The molecule has 2 nitrogen and oxygen atoms in total. The van der Waals surface area contributed by atoms with Gasteiger partial charge in [-0.15, -0.1) is 0 Å². The van der Waals surface area contributed by atoms with E-state index in [9.17, 15) is 0 Å². The summed E-state index contributed by atoms with van der Waals surface area (Å²) in [5.41, 5.74) is 0. The Hall–Kier alpha value is -1.02. The Morgan fingerprint density at radius 2 is 2.36 bits per heavy atom. The molecule has 2 heteroatoms. The first-order valence-corrected chi connectivity index (χ1v) is 5.20. The average molecular weight is 193 g/mol. The van der Waals surface area contributed by atoms with Crippen LogP contribution in [0.25, 0.3) is 6.08 Å². The van der Waals surface area contributed by atoms with E-state index in [2.05, 4.69) is 25.2 Å². The molecule has 1 N–H and O–H groups in total. The predicted molar refractivity (Wildman–Crippen MR) is 60.1 cm³/mol. The molecule has 0 saturated carbocycles. The van der Waals surface area contributed by atoms with Crippen LogP contribution in [0.3, 0.4) is 0 Å². The van der Waals surface area contributed by atoms with Gasteiger partial charge in [-0.2, -0.15) is 0 Å². The standard InChI is InChI=1S/C12H19NO/c1-11(2)10-13-8-4-3-6-12-7-5-9-14-12/h3,5-7,9,11,13H,4,8,10H2,1-2H3. The van der Waals surface area contributed by atoms with Gasteiger partial charge in [0.2, 0.25) is 0 Å². The Morgan fingerprint density at radius 3 is 3.00 bits per heavy atom. The Morgan fingerprint density at radius 1 is 1.50 bits per heavy atom. The first kappa shape index (κ1) is 11.1. The molecule has 0 aliphatic rings. The lowest BCUT2D eigenvalue weighted by Crippen LogP contribution is -2.20. The van der Waals surface area contributed by atoms with Crippen molar-refractivity contribution in [1.29, 1.82) is 0 Å². The van der Waals surface area contributed by atoms with Gasteiger partial charge >= 0.3 is 0 Å². The highest BCUT2D eigenvalue weighted by Gasteiger charge is 1.91. The molecule has 0 amide bonds. The quantitative estimate of drug-likeness (QED) is 0.703. The number of hydrogen-bond donors (Lipinski definition) is 1. The van der Waals surface area contributed by atoms with E-state index >= 15 is 0 Å². The molecule has 0 aliphatic heterocycles. The van der Waals surface area contributed by atoms with Gasteiger partial charge in [0.25, 0.3) is 0 Å². The van der Waals surface area contributed by atoms with E-state index in [1.54, 1.807) is 6.26 Å².